The Balaban J connectivity index is 2.16. The van der Waals surface area contributed by atoms with E-state index in [9.17, 15) is 0 Å². The van der Waals surface area contributed by atoms with Crippen molar-refractivity contribution in [1.82, 2.24) is 9.97 Å². The van der Waals surface area contributed by atoms with Crippen LogP contribution in [0.1, 0.15) is 24.0 Å². The number of hydrogen-bond acceptors (Lipinski definition) is 4. The Kier molecular flexibility index (Phi) is 4.56. The molecule has 0 unspecified atom stereocenters. The molecule has 1 aromatic heterocycles. The first kappa shape index (κ1) is 14.3. The van der Waals surface area contributed by atoms with Crippen molar-refractivity contribution in [1.29, 1.82) is 0 Å². The number of nitrogens with zero attached hydrogens (tertiary/aromatic N) is 3. The molecule has 1 heterocycles. The SMILES string of the molecule is CCNc1cc(C)nc(CN(C)c2cccc(C)c2)n1. The molecule has 0 radical (unpaired) electrons. The van der Waals surface area contributed by atoms with Gasteiger partial charge in [0.1, 0.15) is 11.6 Å². The monoisotopic (exact) mass is 270 g/mol. The van der Waals surface area contributed by atoms with E-state index in [1.54, 1.807) is 0 Å². The van der Waals surface area contributed by atoms with Gasteiger partial charge in [0.2, 0.25) is 0 Å². The van der Waals surface area contributed by atoms with Gasteiger partial charge in [0.25, 0.3) is 0 Å². The van der Waals surface area contributed by atoms with Crippen LogP contribution < -0.4 is 10.2 Å². The molecule has 0 aliphatic heterocycles. The Labute approximate surface area is 120 Å². The summed E-state index contributed by atoms with van der Waals surface area (Å²) in [5.74, 6) is 1.73. The van der Waals surface area contributed by atoms with E-state index in [1.807, 2.05) is 13.0 Å². The maximum absolute atomic E-state index is 4.55. The highest BCUT2D eigenvalue weighted by Crippen LogP contribution is 2.16. The molecule has 0 amide bonds. The minimum Gasteiger partial charge on any atom is -0.370 e. The molecular weight excluding hydrogens is 248 g/mol. The van der Waals surface area contributed by atoms with Gasteiger partial charge in [-0.2, -0.15) is 0 Å². The molecule has 2 aromatic rings. The van der Waals surface area contributed by atoms with Crippen molar-refractivity contribution in [2.24, 2.45) is 0 Å². The number of benzene rings is 1. The van der Waals surface area contributed by atoms with Crippen molar-refractivity contribution < 1.29 is 0 Å². The van der Waals surface area contributed by atoms with Gasteiger partial charge in [-0.15, -0.1) is 0 Å². The Morgan fingerprint density at radius 1 is 1.15 bits per heavy atom. The van der Waals surface area contributed by atoms with Crippen LogP contribution in [0.5, 0.6) is 0 Å². The molecule has 0 aliphatic carbocycles. The van der Waals surface area contributed by atoms with Gasteiger partial charge in [-0.3, -0.25) is 0 Å². The summed E-state index contributed by atoms with van der Waals surface area (Å²) in [5.41, 5.74) is 3.43. The topological polar surface area (TPSA) is 41.1 Å². The van der Waals surface area contributed by atoms with Crippen LogP contribution in [0, 0.1) is 13.8 Å². The fourth-order valence-electron chi connectivity index (χ4n) is 2.14. The van der Waals surface area contributed by atoms with Crippen LogP contribution in [0.3, 0.4) is 0 Å². The minimum absolute atomic E-state index is 0.698. The summed E-state index contributed by atoms with van der Waals surface area (Å²) >= 11 is 0. The molecule has 4 heteroatoms. The fourth-order valence-corrected chi connectivity index (χ4v) is 2.14. The van der Waals surface area contributed by atoms with Crippen molar-refractivity contribution in [3.63, 3.8) is 0 Å². The van der Waals surface area contributed by atoms with E-state index >= 15 is 0 Å². The lowest BCUT2D eigenvalue weighted by Gasteiger charge is -2.19. The highest BCUT2D eigenvalue weighted by atomic mass is 15.1. The van der Waals surface area contributed by atoms with E-state index in [4.69, 9.17) is 0 Å². The highest BCUT2D eigenvalue weighted by molar-refractivity contribution is 5.48. The standard InChI is InChI=1S/C16H22N4/c1-5-17-15-10-13(3)18-16(19-15)11-20(4)14-8-6-7-12(2)9-14/h6-10H,5,11H2,1-4H3,(H,17,18,19). The van der Waals surface area contributed by atoms with Gasteiger partial charge < -0.3 is 10.2 Å². The lowest BCUT2D eigenvalue weighted by atomic mass is 10.2. The second-order valence-electron chi connectivity index (χ2n) is 5.04. The summed E-state index contributed by atoms with van der Waals surface area (Å²) in [4.78, 5) is 11.2. The van der Waals surface area contributed by atoms with Crippen LogP contribution in [-0.4, -0.2) is 23.6 Å². The zero-order valence-electron chi connectivity index (χ0n) is 12.6. The molecule has 4 nitrogen and oxygen atoms in total. The first-order chi connectivity index (χ1) is 9.58. The second kappa shape index (κ2) is 6.37. The average molecular weight is 270 g/mol. The third-order valence-corrected chi connectivity index (χ3v) is 3.08. The molecule has 2 rings (SSSR count). The summed E-state index contributed by atoms with van der Waals surface area (Å²) in [6.07, 6.45) is 0. The van der Waals surface area contributed by atoms with Gasteiger partial charge in [-0.05, 0) is 38.5 Å². The Bertz CT molecular complexity index is 580. The van der Waals surface area contributed by atoms with E-state index in [0.29, 0.717) is 6.54 Å². The fraction of sp³-hybridized carbons (Fsp3) is 0.375. The third kappa shape index (κ3) is 3.70. The molecule has 106 valence electrons. The summed E-state index contributed by atoms with van der Waals surface area (Å²) < 4.78 is 0. The number of rotatable bonds is 5. The molecule has 1 aromatic carbocycles. The smallest absolute Gasteiger partial charge is 0.150 e. The number of nitrogens with one attached hydrogen (secondary N) is 1. The van der Waals surface area contributed by atoms with Gasteiger partial charge in [0, 0.05) is 31.0 Å². The normalized spacial score (nSPS) is 10.4. The summed E-state index contributed by atoms with van der Waals surface area (Å²) in [6.45, 7) is 7.73. The zero-order chi connectivity index (χ0) is 14.5. The third-order valence-electron chi connectivity index (χ3n) is 3.08. The zero-order valence-corrected chi connectivity index (χ0v) is 12.6. The first-order valence-electron chi connectivity index (χ1n) is 6.94. The lowest BCUT2D eigenvalue weighted by molar-refractivity contribution is 0.828. The minimum atomic E-state index is 0.698. The van der Waals surface area contributed by atoms with Crippen molar-refractivity contribution in [3.8, 4) is 0 Å². The van der Waals surface area contributed by atoms with Crippen molar-refractivity contribution in [2.45, 2.75) is 27.3 Å². The van der Waals surface area contributed by atoms with E-state index in [-0.39, 0.29) is 0 Å². The molecule has 0 aliphatic rings. The van der Waals surface area contributed by atoms with E-state index in [0.717, 1.165) is 23.9 Å². The lowest BCUT2D eigenvalue weighted by Crippen LogP contribution is -2.19. The predicted molar refractivity (Wildman–Crippen MR) is 84.2 cm³/mol. The maximum Gasteiger partial charge on any atom is 0.150 e. The Hall–Kier alpha value is -2.10. The van der Waals surface area contributed by atoms with Crippen molar-refractivity contribution in [2.75, 3.05) is 23.8 Å². The van der Waals surface area contributed by atoms with Gasteiger partial charge in [0.05, 0.1) is 6.54 Å². The van der Waals surface area contributed by atoms with E-state index < -0.39 is 0 Å². The Morgan fingerprint density at radius 3 is 2.65 bits per heavy atom. The van der Waals surface area contributed by atoms with E-state index in [2.05, 4.69) is 65.3 Å². The van der Waals surface area contributed by atoms with Gasteiger partial charge >= 0.3 is 0 Å². The Morgan fingerprint density at radius 2 is 1.95 bits per heavy atom. The number of hydrogen-bond donors (Lipinski definition) is 1. The van der Waals surface area contributed by atoms with Crippen LogP contribution in [0.25, 0.3) is 0 Å². The van der Waals surface area contributed by atoms with Crippen LogP contribution in [0.2, 0.25) is 0 Å². The summed E-state index contributed by atoms with van der Waals surface area (Å²) in [5, 5.41) is 3.24. The molecule has 0 bridgehead atoms. The molecular formula is C16H22N4. The van der Waals surface area contributed by atoms with Gasteiger partial charge in [0.15, 0.2) is 0 Å². The molecule has 0 atom stereocenters. The molecule has 0 spiro atoms. The highest BCUT2D eigenvalue weighted by Gasteiger charge is 2.06. The number of aryl methyl sites for hydroxylation is 2. The number of aromatic nitrogens is 2. The van der Waals surface area contributed by atoms with Gasteiger partial charge in [-0.25, -0.2) is 9.97 Å². The molecule has 0 fully saturated rings. The predicted octanol–water partition coefficient (Wildman–Crippen LogP) is 3.16. The van der Waals surface area contributed by atoms with Gasteiger partial charge in [-0.1, -0.05) is 12.1 Å². The first-order valence-corrected chi connectivity index (χ1v) is 6.94. The largest absolute Gasteiger partial charge is 0.370 e. The van der Waals surface area contributed by atoms with Crippen LogP contribution in [0.15, 0.2) is 30.3 Å². The van der Waals surface area contributed by atoms with Crippen LogP contribution >= 0.6 is 0 Å². The maximum atomic E-state index is 4.55. The molecule has 1 N–H and O–H groups in total. The average Bonchev–Trinajstić information content (AvgIpc) is 2.38. The second-order valence-corrected chi connectivity index (χ2v) is 5.04. The summed E-state index contributed by atoms with van der Waals surface area (Å²) in [6, 6.07) is 10.4. The van der Waals surface area contributed by atoms with E-state index in [1.165, 1.54) is 11.3 Å². The molecule has 20 heavy (non-hydrogen) atoms. The molecule has 0 saturated heterocycles. The van der Waals surface area contributed by atoms with Crippen LogP contribution in [0.4, 0.5) is 11.5 Å². The quantitative estimate of drug-likeness (QED) is 0.906. The van der Waals surface area contributed by atoms with Crippen LogP contribution in [-0.2, 0) is 6.54 Å². The van der Waals surface area contributed by atoms with Crippen molar-refractivity contribution in [3.05, 3.63) is 47.4 Å². The van der Waals surface area contributed by atoms with Crippen molar-refractivity contribution >= 4 is 11.5 Å². The summed E-state index contributed by atoms with van der Waals surface area (Å²) in [7, 11) is 2.06. The molecule has 0 saturated carbocycles. The number of anilines is 2.